The van der Waals surface area contributed by atoms with Crippen molar-refractivity contribution >= 4 is 10.9 Å². The first kappa shape index (κ1) is 11.1. The highest BCUT2D eigenvalue weighted by atomic mass is 16.3. The molecule has 0 aliphatic heterocycles. The van der Waals surface area contributed by atoms with Crippen molar-refractivity contribution < 1.29 is 5.11 Å². The largest absolute Gasteiger partial charge is 0.393 e. The van der Waals surface area contributed by atoms with Gasteiger partial charge in [0.1, 0.15) is 0 Å². The number of para-hydroxylation sites is 1. The molecule has 2 unspecified atom stereocenters. The number of hydrogen-bond donors (Lipinski definition) is 1. The first-order chi connectivity index (χ1) is 7.68. The van der Waals surface area contributed by atoms with Crippen LogP contribution < -0.4 is 0 Å². The lowest BCUT2D eigenvalue weighted by molar-refractivity contribution is 0.177. The number of pyridine rings is 1. The van der Waals surface area contributed by atoms with Crippen molar-refractivity contribution in [2.75, 3.05) is 0 Å². The van der Waals surface area contributed by atoms with Crippen LogP contribution in [0.25, 0.3) is 10.9 Å². The molecule has 1 aromatic carbocycles. The van der Waals surface area contributed by atoms with Crippen LogP contribution in [0.4, 0.5) is 0 Å². The summed E-state index contributed by atoms with van der Waals surface area (Å²) in [6.45, 7) is 3.96. The Labute approximate surface area is 96.0 Å². The van der Waals surface area contributed by atoms with E-state index in [4.69, 9.17) is 0 Å². The van der Waals surface area contributed by atoms with Crippen LogP contribution in [0.2, 0.25) is 0 Å². The third-order valence-corrected chi connectivity index (χ3v) is 2.89. The molecule has 2 atom stereocenters. The smallest absolute Gasteiger partial charge is 0.0736 e. The van der Waals surface area contributed by atoms with Gasteiger partial charge in [-0.25, -0.2) is 0 Å². The molecule has 0 aliphatic rings. The minimum Gasteiger partial charge on any atom is -0.393 e. The fourth-order valence-corrected chi connectivity index (χ4v) is 2.16. The molecule has 0 saturated heterocycles. The Kier molecular flexibility index (Phi) is 3.20. The molecule has 2 aromatic rings. The predicted octanol–water partition coefficient (Wildman–Crippen LogP) is 3.11. The van der Waals surface area contributed by atoms with Gasteiger partial charge in [-0.2, -0.15) is 0 Å². The molecule has 2 rings (SSSR count). The second-order valence-electron chi connectivity index (χ2n) is 4.41. The highest BCUT2D eigenvalue weighted by molar-refractivity contribution is 5.81. The zero-order valence-electron chi connectivity index (χ0n) is 9.72. The van der Waals surface area contributed by atoms with E-state index in [0.29, 0.717) is 5.92 Å². The van der Waals surface area contributed by atoms with Crippen LogP contribution in [0.3, 0.4) is 0 Å². The first-order valence-electron chi connectivity index (χ1n) is 5.70. The van der Waals surface area contributed by atoms with Gasteiger partial charge < -0.3 is 5.11 Å². The second kappa shape index (κ2) is 4.62. The Morgan fingerprint density at radius 1 is 1.19 bits per heavy atom. The van der Waals surface area contributed by atoms with E-state index in [2.05, 4.69) is 36.2 Å². The fourth-order valence-electron chi connectivity index (χ4n) is 2.16. The maximum atomic E-state index is 9.44. The molecule has 0 radical (unpaired) electrons. The maximum absolute atomic E-state index is 9.44. The Morgan fingerprint density at radius 2 is 1.94 bits per heavy atom. The lowest BCUT2D eigenvalue weighted by Gasteiger charge is -2.15. The average molecular weight is 215 g/mol. The van der Waals surface area contributed by atoms with Gasteiger partial charge in [-0.1, -0.05) is 31.2 Å². The molecular formula is C14H17NO. The van der Waals surface area contributed by atoms with E-state index in [0.717, 1.165) is 17.3 Å². The van der Waals surface area contributed by atoms with E-state index < -0.39 is 0 Å². The Balaban J connectivity index is 2.44. The van der Waals surface area contributed by atoms with Crippen molar-refractivity contribution in [3.8, 4) is 0 Å². The second-order valence-corrected chi connectivity index (χ2v) is 4.41. The van der Waals surface area contributed by atoms with Crippen molar-refractivity contribution in [1.82, 2.24) is 4.98 Å². The van der Waals surface area contributed by atoms with Gasteiger partial charge >= 0.3 is 0 Å². The lowest BCUT2D eigenvalue weighted by Crippen LogP contribution is -2.06. The fraction of sp³-hybridized carbons (Fsp3) is 0.357. The number of fused-ring (bicyclic) bond motifs is 1. The number of aromatic nitrogens is 1. The summed E-state index contributed by atoms with van der Waals surface area (Å²) in [6.07, 6.45) is 2.32. The van der Waals surface area contributed by atoms with Crippen LogP contribution in [0.1, 0.15) is 31.7 Å². The number of benzene rings is 1. The zero-order chi connectivity index (χ0) is 11.5. The summed E-state index contributed by atoms with van der Waals surface area (Å²) in [7, 11) is 0. The molecule has 0 bridgehead atoms. The summed E-state index contributed by atoms with van der Waals surface area (Å²) in [6, 6.07) is 10.2. The highest BCUT2D eigenvalue weighted by Crippen LogP contribution is 2.26. The molecule has 1 N–H and O–H groups in total. The third kappa shape index (κ3) is 2.22. The molecule has 0 saturated carbocycles. The van der Waals surface area contributed by atoms with Gasteiger partial charge in [-0.3, -0.25) is 4.98 Å². The molecule has 0 amide bonds. The Bertz CT molecular complexity index is 474. The van der Waals surface area contributed by atoms with E-state index in [9.17, 15) is 5.11 Å². The van der Waals surface area contributed by atoms with Crippen LogP contribution >= 0.6 is 0 Å². The zero-order valence-corrected chi connectivity index (χ0v) is 9.72. The number of rotatable bonds is 3. The molecule has 2 nitrogen and oxygen atoms in total. The van der Waals surface area contributed by atoms with Crippen LogP contribution in [0.15, 0.2) is 36.5 Å². The summed E-state index contributed by atoms with van der Waals surface area (Å²) >= 11 is 0. The van der Waals surface area contributed by atoms with E-state index in [-0.39, 0.29) is 6.10 Å². The molecule has 0 fully saturated rings. The van der Waals surface area contributed by atoms with Crippen LogP contribution in [-0.4, -0.2) is 16.2 Å². The van der Waals surface area contributed by atoms with Crippen LogP contribution in [0, 0.1) is 0 Å². The molecule has 1 aromatic heterocycles. The standard InChI is InChI=1S/C14H17NO/c1-10(9-11(2)16)13-7-3-5-12-6-4-8-15-14(12)13/h3-8,10-11,16H,9H2,1-2H3. The summed E-state index contributed by atoms with van der Waals surface area (Å²) in [4.78, 5) is 4.43. The number of aliphatic hydroxyl groups is 1. The molecule has 0 spiro atoms. The highest BCUT2D eigenvalue weighted by Gasteiger charge is 2.12. The van der Waals surface area contributed by atoms with E-state index >= 15 is 0 Å². The minimum absolute atomic E-state index is 0.269. The number of hydrogen-bond acceptors (Lipinski definition) is 2. The molecule has 84 valence electrons. The molecule has 2 heteroatoms. The van der Waals surface area contributed by atoms with Gasteiger partial charge in [0.05, 0.1) is 11.6 Å². The van der Waals surface area contributed by atoms with Gasteiger partial charge in [0, 0.05) is 11.6 Å². The van der Waals surface area contributed by atoms with E-state index in [1.165, 1.54) is 5.56 Å². The van der Waals surface area contributed by atoms with Crippen molar-refractivity contribution in [2.45, 2.75) is 32.3 Å². The third-order valence-electron chi connectivity index (χ3n) is 2.89. The van der Waals surface area contributed by atoms with Crippen molar-refractivity contribution in [3.05, 3.63) is 42.1 Å². The summed E-state index contributed by atoms with van der Waals surface area (Å²) in [5, 5.41) is 10.6. The van der Waals surface area contributed by atoms with Crippen LogP contribution in [0.5, 0.6) is 0 Å². The summed E-state index contributed by atoms with van der Waals surface area (Å²) in [5.74, 6) is 0.332. The van der Waals surface area contributed by atoms with Gasteiger partial charge in [0.25, 0.3) is 0 Å². The van der Waals surface area contributed by atoms with Gasteiger partial charge in [-0.15, -0.1) is 0 Å². The molecular weight excluding hydrogens is 198 g/mol. The number of aliphatic hydroxyl groups excluding tert-OH is 1. The van der Waals surface area contributed by atoms with Crippen molar-refractivity contribution in [3.63, 3.8) is 0 Å². The summed E-state index contributed by atoms with van der Waals surface area (Å²) in [5.41, 5.74) is 2.28. The molecule has 1 heterocycles. The average Bonchev–Trinajstić information content (AvgIpc) is 2.27. The monoisotopic (exact) mass is 215 g/mol. The maximum Gasteiger partial charge on any atom is 0.0736 e. The quantitative estimate of drug-likeness (QED) is 0.853. The first-order valence-corrected chi connectivity index (χ1v) is 5.70. The molecule has 0 aliphatic carbocycles. The van der Waals surface area contributed by atoms with Gasteiger partial charge in [0.15, 0.2) is 0 Å². The minimum atomic E-state index is -0.269. The SMILES string of the molecule is CC(O)CC(C)c1cccc2cccnc12. The van der Waals surface area contributed by atoms with Crippen molar-refractivity contribution in [2.24, 2.45) is 0 Å². The Hall–Kier alpha value is -1.41. The summed E-state index contributed by atoms with van der Waals surface area (Å²) < 4.78 is 0. The van der Waals surface area contributed by atoms with E-state index in [1.54, 1.807) is 0 Å². The Morgan fingerprint density at radius 3 is 2.69 bits per heavy atom. The van der Waals surface area contributed by atoms with E-state index in [1.807, 2.05) is 19.2 Å². The lowest BCUT2D eigenvalue weighted by atomic mass is 9.93. The predicted molar refractivity (Wildman–Crippen MR) is 66.5 cm³/mol. The van der Waals surface area contributed by atoms with Crippen LogP contribution in [-0.2, 0) is 0 Å². The van der Waals surface area contributed by atoms with Crippen molar-refractivity contribution in [1.29, 1.82) is 0 Å². The van der Waals surface area contributed by atoms with Gasteiger partial charge in [-0.05, 0) is 30.9 Å². The van der Waals surface area contributed by atoms with Gasteiger partial charge in [0.2, 0.25) is 0 Å². The number of nitrogens with zero attached hydrogens (tertiary/aromatic N) is 1. The topological polar surface area (TPSA) is 33.1 Å². The molecule has 16 heavy (non-hydrogen) atoms. The normalized spacial score (nSPS) is 14.9.